The van der Waals surface area contributed by atoms with E-state index in [1.807, 2.05) is 6.07 Å². The summed E-state index contributed by atoms with van der Waals surface area (Å²) in [5.41, 5.74) is 0.723. The van der Waals surface area contributed by atoms with Crippen LogP contribution in [0.25, 0.3) is 0 Å². The van der Waals surface area contributed by atoms with Crippen molar-refractivity contribution in [1.82, 2.24) is 5.32 Å². The number of nitrogens with one attached hydrogen (secondary N) is 2. The van der Waals surface area contributed by atoms with Gasteiger partial charge in [0.15, 0.2) is 5.11 Å². The van der Waals surface area contributed by atoms with Crippen LogP contribution in [0.3, 0.4) is 0 Å². The van der Waals surface area contributed by atoms with Crippen molar-refractivity contribution in [2.24, 2.45) is 23.2 Å². The molecular weight excluding hydrogens is 320 g/mol. The normalized spacial score (nSPS) is 33.2. The first kappa shape index (κ1) is 15.9. The van der Waals surface area contributed by atoms with Crippen LogP contribution in [-0.2, 0) is 4.79 Å². The molecule has 0 unspecified atom stereocenters. The molecule has 128 valence electrons. The fourth-order valence-corrected chi connectivity index (χ4v) is 5.97. The van der Waals surface area contributed by atoms with E-state index < -0.39 is 0 Å². The number of rotatable bonds is 3. The predicted molar refractivity (Wildman–Crippen MR) is 97.7 cm³/mol. The molecular formula is C19H24N2O2S. The van der Waals surface area contributed by atoms with Crippen molar-refractivity contribution >= 4 is 28.9 Å². The molecule has 0 spiro atoms. The van der Waals surface area contributed by atoms with Gasteiger partial charge in [-0.3, -0.25) is 4.79 Å². The fourth-order valence-electron chi connectivity index (χ4n) is 5.75. The lowest BCUT2D eigenvalue weighted by molar-refractivity contribution is -0.127. The van der Waals surface area contributed by atoms with Gasteiger partial charge in [0.2, 0.25) is 5.91 Å². The average Bonchev–Trinajstić information content (AvgIpc) is 2.47. The first-order chi connectivity index (χ1) is 11.5. The molecule has 24 heavy (non-hydrogen) atoms. The highest BCUT2D eigenvalue weighted by molar-refractivity contribution is 7.80. The number of anilines is 1. The van der Waals surface area contributed by atoms with Gasteiger partial charge in [-0.15, -0.1) is 0 Å². The quantitative estimate of drug-likeness (QED) is 0.576. The number of hydrogen-bond donors (Lipinski definition) is 3. The van der Waals surface area contributed by atoms with Crippen molar-refractivity contribution in [3.63, 3.8) is 0 Å². The number of phenols is 1. The second-order valence-electron chi connectivity index (χ2n) is 8.11. The molecule has 1 aromatic carbocycles. The summed E-state index contributed by atoms with van der Waals surface area (Å²) in [5, 5.41) is 15.7. The van der Waals surface area contributed by atoms with Gasteiger partial charge in [0, 0.05) is 6.42 Å². The second-order valence-corrected chi connectivity index (χ2v) is 8.52. The van der Waals surface area contributed by atoms with Gasteiger partial charge in [-0.25, -0.2) is 0 Å². The minimum Gasteiger partial charge on any atom is -0.506 e. The van der Waals surface area contributed by atoms with Crippen LogP contribution in [0.5, 0.6) is 5.75 Å². The third kappa shape index (κ3) is 3.14. The number of phenolic OH excluding ortho intramolecular Hbond substituents is 1. The summed E-state index contributed by atoms with van der Waals surface area (Å²) in [4.78, 5) is 12.5. The topological polar surface area (TPSA) is 61.4 Å². The van der Waals surface area contributed by atoms with Gasteiger partial charge in [-0.1, -0.05) is 12.1 Å². The molecule has 4 bridgehead atoms. The number of aromatic hydroxyl groups is 1. The summed E-state index contributed by atoms with van der Waals surface area (Å²) in [6.07, 6.45) is 8.37. The molecule has 0 aliphatic heterocycles. The number of para-hydroxylation sites is 2. The highest BCUT2D eigenvalue weighted by Crippen LogP contribution is 2.61. The minimum absolute atomic E-state index is 0.00451. The van der Waals surface area contributed by atoms with Crippen LogP contribution < -0.4 is 10.6 Å². The molecule has 0 heterocycles. The Kier molecular flexibility index (Phi) is 3.99. The molecule has 4 saturated carbocycles. The molecule has 1 amide bonds. The van der Waals surface area contributed by atoms with Gasteiger partial charge in [0.1, 0.15) is 5.75 Å². The summed E-state index contributed by atoms with van der Waals surface area (Å²) < 4.78 is 0. The highest BCUT2D eigenvalue weighted by Gasteiger charge is 2.51. The van der Waals surface area contributed by atoms with Gasteiger partial charge in [-0.05, 0) is 86.0 Å². The van der Waals surface area contributed by atoms with Crippen LogP contribution in [0.4, 0.5) is 5.69 Å². The lowest BCUT2D eigenvalue weighted by Crippen LogP contribution is -2.48. The summed E-state index contributed by atoms with van der Waals surface area (Å²) in [5.74, 6) is 2.65. The molecule has 5 heteroatoms. The van der Waals surface area contributed by atoms with Crippen molar-refractivity contribution in [3.05, 3.63) is 24.3 Å². The van der Waals surface area contributed by atoms with E-state index in [-0.39, 0.29) is 22.2 Å². The maximum atomic E-state index is 12.5. The number of thiocarbonyl (C=S) groups is 1. The minimum atomic E-state index is 0.00451. The van der Waals surface area contributed by atoms with E-state index in [9.17, 15) is 9.90 Å². The van der Waals surface area contributed by atoms with E-state index in [1.165, 1.54) is 38.5 Å². The van der Waals surface area contributed by atoms with Crippen molar-refractivity contribution in [2.75, 3.05) is 5.32 Å². The molecule has 3 N–H and O–H groups in total. The zero-order valence-electron chi connectivity index (χ0n) is 13.8. The Labute approximate surface area is 148 Å². The Hall–Kier alpha value is -1.62. The van der Waals surface area contributed by atoms with Crippen LogP contribution in [0.15, 0.2) is 24.3 Å². The third-order valence-electron chi connectivity index (χ3n) is 6.11. The van der Waals surface area contributed by atoms with Gasteiger partial charge in [-0.2, -0.15) is 0 Å². The number of amides is 1. The van der Waals surface area contributed by atoms with E-state index in [1.54, 1.807) is 18.2 Å². The zero-order chi connectivity index (χ0) is 16.7. The summed E-state index contributed by atoms with van der Waals surface area (Å²) in [6, 6.07) is 6.87. The lowest BCUT2D eigenvalue weighted by Gasteiger charge is -2.56. The highest BCUT2D eigenvalue weighted by atomic mass is 32.1. The van der Waals surface area contributed by atoms with Crippen molar-refractivity contribution < 1.29 is 9.90 Å². The smallest absolute Gasteiger partial charge is 0.226 e. The molecule has 4 aliphatic rings. The summed E-state index contributed by atoms with van der Waals surface area (Å²) in [7, 11) is 0. The van der Waals surface area contributed by atoms with E-state index >= 15 is 0 Å². The Morgan fingerprint density at radius 1 is 1.12 bits per heavy atom. The second kappa shape index (κ2) is 6.03. The van der Waals surface area contributed by atoms with Crippen LogP contribution in [0, 0.1) is 23.2 Å². The molecule has 0 atom stereocenters. The maximum absolute atomic E-state index is 12.5. The zero-order valence-corrected chi connectivity index (χ0v) is 14.6. The van der Waals surface area contributed by atoms with Gasteiger partial charge < -0.3 is 15.7 Å². The van der Waals surface area contributed by atoms with Gasteiger partial charge in [0.05, 0.1) is 5.69 Å². The summed E-state index contributed by atoms with van der Waals surface area (Å²) >= 11 is 5.23. The van der Waals surface area contributed by atoms with E-state index in [0.717, 1.165) is 17.8 Å². The number of hydrogen-bond acceptors (Lipinski definition) is 3. The largest absolute Gasteiger partial charge is 0.506 e. The number of carbonyl (C=O) groups excluding carboxylic acids is 1. The van der Waals surface area contributed by atoms with Crippen molar-refractivity contribution in [1.29, 1.82) is 0 Å². The Balaban J connectivity index is 1.35. The molecule has 0 radical (unpaired) electrons. The lowest BCUT2D eigenvalue weighted by atomic mass is 9.49. The Bertz CT molecular complexity index is 638. The maximum Gasteiger partial charge on any atom is 0.226 e. The van der Waals surface area contributed by atoms with Crippen LogP contribution in [0.2, 0.25) is 0 Å². The first-order valence-electron chi connectivity index (χ1n) is 8.90. The fraction of sp³-hybridized carbons (Fsp3) is 0.579. The average molecular weight is 344 g/mol. The molecule has 4 nitrogen and oxygen atoms in total. The Morgan fingerprint density at radius 3 is 2.29 bits per heavy atom. The first-order valence-corrected chi connectivity index (χ1v) is 9.31. The van der Waals surface area contributed by atoms with E-state index in [2.05, 4.69) is 10.6 Å². The van der Waals surface area contributed by atoms with Crippen molar-refractivity contribution in [2.45, 2.75) is 44.9 Å². The number of carbonyl (C=O) groups is 1. The molecule has 4 fully saturated rings. The van der Waals surface area contributed by atoms with Crippen LogP contribution >= 0.6 is 12.2 Å². The molecule has 1 aromatic rings. The SMILES string of the molecule is O=C(CC12CC3CC(CC(C3)C1)C2)NC(=S)Nc1ccccc1O. The molecule has 4 aliphatic carbocycles. The third-order valence-corrected chi connectivity index (χ3v) is 6.31. The molecule has 0 saturated heterocycles. The molecule has 0 aromatic heterocycles. The Morgan fingerprint density at radius 2 is 1.71 bits per heavy atom. The van der Waals surface area contributed by atoms with E-state index in [4.69, 9.17) is 12.2 Å². The van der Waals surface area contributed by atoms with Gasteiger partial charge in [0.25, 0.3) is 0 Å². The monoisotopic (exact) mass is 344 g/mol. The molecule has 5 rings (SSSR count). The van der Waals surface area contributed by atoms with Crippen LogP contribution in [0.1, 0.15) is 44.9 Å². The summed E-state index contributed by atoms with van der Waals surface area (Å²) in [6.45, 7) is 0. The van der Waals surface area contributed by atoms with Crippen molar-refractivity contribution in [3.8, 4) is 5.75 Å². The van der Waals surface area contributed by atoms with Gasteiger partial charge >= 0.3 is 0 Å². The standard InChI is InChI=1S/C19H24N2O2S/c22-16-4-2-1-3-15(16)20-18(24)21-17(23)11-19-8-12-5-13(9-19)7-14(6-12)10-19/h1-4,12-14,22H,5-11H2,(H2,20,21,23,24). The van der Waals surface area contributed by atoms with Crippen LogP contribution in [-0.4, -0.2) is 16.1 Å². The van der Waals surface area contributed by atoms with E-state index in [0.29, 0.717) is 12.1 Å². The predicted octanol–water partition coefficient (Wildman–Crippen LogP) is 3.81. The number of benzene rings is 1.